The van der Waals surface area contributed by atoms with Gasteiger partial charge in [-0.1, -0.05) is 0 Å². The summed E-state index contributed by atoms with van der Waals surface area (Å²) in [5.74, 6) is 0. The zero-order chi connectivity index (χ0) is 10.1. The second kappa shape index (κ2) is 4.02. The predicted molar refractivity (Wildman–Crippen MR) is 73.3 cm³/mol. The summed E-state index contributed by atoms with van der Waals surface area (Å²) in [6.07, 6.45) is 2.10. The van der Waals surface area contributed by atoms with E-state index in [4.69, 9.17) is 0 Å². The maximum atomic E-state index is 2.29. The highest BCUT2D eigenvalue weighted by molar-refractivity contribution is 14.2. The fourth-order valence-corrected chi connectivity index (χ4v) is 2.82. The Morgan fingerprint density at radius 1 is 1.29 bits per heavy atom. The lowest BCUT2D eigenvalue weighted by atomic mass is 10.2. The molecule has 2 rings (SSSR count). The second-order valence-electron chi connectivity index (χ2n) is 3.35. The summed E-state index contributed by atoms with van der Waals surface area (Å²) in [7, 11) is 5.81. The minimum absolute atomic E-state index is 1.24. The van der Waals surface area contributed by atoms with Crippen LogP contribution in [0.15, 0.2) is 30.5 Å². The summed E-state index contributed by atoms with van der Waals surface area (Å²) in [6, 6.07) is 8.66. The molecule has 2 aromatic rings. The molecule has 4 heteroatoms. The van der Waals surface area contributed by atoms with Crippen molar-refractivity contribution in [1.82, 2.24) is 3.97 Å². The molecule has 0 bridgehead atoms. The Hall–Kier alpha value is -0.360. The van der Waals surface area contributed by atoms with E-state index in [1.807, 2.05) is 0 Å². The van der Waals surface area contributed by atoms with Crippen molar-refractivity contribution in [2.75, 3.05) is 19.0 Å². The summed E-state index contributed by atoms with van der Waals surface area (Å²) >= 11 is 2.29. The van der Waals surface area contributed by atoms with E-state index in [9.17, 15) is 0 Å². The number of aromatic nitrogens is 1. The first-order valence-corrected chi connectivity index (χ1v) is 7.61. The number of halogens is 1. The van der Waals surface area contributed by atoms with Crippen molar-refractivity contribution in [2.24, 2.45) is 0 Å². The highest BCUT2D eigenvalue weighted by Crippen LogP contribution is 2.27. The number of fused-ring (bicyclic) bond motifs is 1. The van der Waals surface area contributed by atoms with E-state index < -0.39 is 0 Å². The summed E-state index contributed by atoms with van der Waals surface area (Å²) in [5.41, 5.74) is 2.52. The van der Waals surface area contributed by atoms with Crippen molar-refractivity contribution >= 4 is 46.9 Å². The molecule has 0 unspecified atom stereocenters. The van der Waals surface area contributed by atoms with Crippen molar-refractivity contribution in [1.29, 1.82) is 0 Å². The third kappa shape index (κ3) is 1.72. The van der Waals surface area contributed by atoms with Crippen LogP contribution >= 0.6 is 30.3 Å². The normalized spacial score (nSPS) is 10.8. The van der Waals surface area contributed by atoms with Gasteiger partial charge in [0.15, 0.2) is 0 Å². The van der Waals surface area contributed by atoms with Crippen LogP contribution in [0.3, 0.4) is 0 Å². The van der Waals surface area contributed by atoms with Gasteiger partial charge in [0.05, 0.1) is 5.52 Å². The molecule has 0 fully saturated rings. The first-order valence-electron chi connectivity index (χ1n) is 4.30. The lowest BCUT2D eigenvalue weighted by Crippen LogP contribution is -2.07. The van der Waals surface area contributed by atoms with Crippen LogP contribution in [0.1, 0.15) is 0 Å². The van der Waals surface area contributed by atoms with Crippen LogP contribution in [0.4, 0.5) is 5.69 Å². The standard InChI is InChI=1S/C10H11IN2S/c1-12(2)9-3-4-10-8(7-9)5-6-13(10)14-11/h3-7H,1-2H3. The first-order chi connectivity index (χ1) is 6.72. The van der Waals surface area contributed by atoms with Crippen LogP contribution < -0.4 is 4.90 Å². The highest BCUT2D eigenvalue weighted by Gasteiger charge is 2.02. The Balaban J connectivity index is 2.57. The van der Waals surface area contributed by atoms with Crippen molar-refractivity contribution in [2.45, 2.75) is 0 Å². The number of anilines is 1. The lowest BCUT2D eigenvalue weighted by molar-refractivity contribution is 1.13. The monoisotopic (exact) mass is 318 g/mol. The number of nitrogens with zero attached hydrogens (tertiary/aromatic N) is 2. The van der Waals surface area contributed by atoms with Crippen LogP contribution in [0.5, 0.6) is 0 Å². The zero-order valence-electron chi connectivity index (χ0n) is 8.07. The minimum atomic E-state index is 1.24. The number of benzene rings is 1. The Kier molecular flexibility index (Phi) is 2.92. The second-order valence-corrected chi connectivity index (χ2v) is 5.06. The van der Waals surface area contributed by atoms with Gasteiger partial charge in [-0.15, -0.1) is 0 Å². The molecule has 0 radical (unpaired) electrons. The molecule has 0 spiro atoms. The van der Waals surface area contributed by atoms with Crippen molar-refractivity contribution in [3.63, 3.8) is 0 Å². The molecule has 0 saturated carbocycles. The van der Waals surface area contributed by atoms with E-state index in [2.05, 4.69) is 74.6 Å². The molecular formula is C10H11IN2S. The minimum Gasteiger partial charge on any atom is -0.378 e. The summed E-state index contributed by atoms with van der Waals surface area (Å²) in [5, 5.41) is 1.29. The average molecular weight is 318 g/mol. The van der Waals surface area contributed by atoms with Crippen molar-refractivity contribution in [3.8, 4) is 0 Å². The Morgan fingerprint density at radius 3 is 2.71 bits per heavy atom. The predicted octanol–water partition coefficient (Wildman–Crippen LogP) is 3.55. The number of hydrogen-bond acceptors (Lipinski definition) is 2. The van der Waals surface area contributed by atoms with Crippen LogP contribution in [0.25, 0.3) is 10.9 Å². The molecule has 0 aliphatic heterocycles. The van der Waals surface area contributed by atoms with Gasteiger partial charge in [0.25, 0.3) is 0 Å². The van der Waals surface area contributed by atoms with Crippen molar-refractivity contribution < 1.29 is 0 Å². The van der Waals surface area contributed by atoms with Gasteiger partial charge < -0.3 is 4.90 Å². The maximum absolute atomic E-state index is 2.29. The molecule has 0 atom stereocenters. The summed E-state index contributed by atoms with van der Waals surface area (Å²) in [6.45, 7) is 0. The quantitative estimate of drug-likeness (QED) is 0.783. The molecule has 1 aromatic carbocycles. The third-order valence-electron chi connectivity index (χ3n) is 2.23. The molecule has 0 amide bonds. The molecule has 0 saturated heterocycles. The van der Waals surface area contributed by atoms with Gasteiger partial charge in [-0.2, -0.15) is 0 Å². The van der Waals surface area contributed by atoms with E-state index in [-0.39, 0.29) is 0 Å². The fraction of sp³-hybridized carbons (Fsp3) is 0.200. The molecule has 14 heavy (non-hydrogen) atoms. The summed E-state index contributed by atoms with van der Waals surface area (Å²) in [4.78, 5) is 2.12. The molecule has 0 N–H and O–H groups in total. The summed E-state index contributed by atoms with van der Waals surface area (Å²) < 4.78 is 2.16. The van der Waals surface area contributed by atoms with Gasteiger partial charge >= 0.3 is 0 Å². The number of hydrogen-bond donors (Lipinski definition) is 0. The molecular weight excluding hydrogens is 307 g/mol. The first kappa shape index (κ1) is 10.2. The third-order valence-corrected chi connectivity index (χ3v) is 3.97. The molecule has 1 heterocycles. The van der Waals surface area contributed by atoms with Crippen LogP contribution in [0.2, 0.25) is 0 Å². The smallest absolute Gasteiger partial charge is 0.0600 e. The Labute approximate surface area is 100.0 Å². The van der Waals surface area contributed by atoms with E-state index in [0.29, 0.717) is 0 Å². The van der Waals surface area contributed by atoms with Gasteiger partial charge in [-0.25, -0.2) is 0 Å². The van der Waals surface area contributed by atoms with Crippen molar-refractivity contribution in [3.05, 3.63) is 30.5 Å². The topological polar surface area (TPSA) is 8.17 Å². The molecule has 1 aromatic heterocycles. The van der Waals surface area contributed by atoms with E-state index in [0.717, 1.165) is 0 Å². The van der Waals surface area contributed by atoms with E-state index in [1.165, 1.54) is 16.6 Å². The Morgan fingerprint density at radius 2 is 2.07 bits per heavy atom. The van der Waals surface area contributed by atoms with E-state index in [1.54, 1.807) is 9.12 Å². The molecule has 0 aliphatic rings. The Bertz CT molecular complexity index is 450. The molecule has 74 valence electrons. The lowest BCUT2D eigenvalue weighted by Gasteiger charge is -2.12. The van der Waals surface area contributed by atoms with Gasteiger partial charge in [0, 0.05) is 61.7 Å². The molecule has 2 nitrogen and oxygen atoms in total. The zero-order valence-corrected chi connectivity index (χ0v) is 11.0. The largest absolute Gasteiger partial charge is 0.378 e. The van der Waals surface area contributed by atoms with Crippen LogP contribution in [-0.4, -0.2) is 18.1 Å². The fourth-order valence-electron chi connectivity index (χ4n) is 1.44. The number of rotatable bonds is 2. The van der Waals surface area contributed by atoms with Gasteiger partial charge in [-0.05, 0) is 24.3 Å². The SMILES string of the molecule is CN(C)c1ccc2c(ccn2SI)c1. The van der Waals surface area contributed by atoms with E-state index >= 15 is 0 Å². The molecule has 0 aliphatic carbocycles. The van der Waals surface area contributed by atoms with Gasteiger partial charge in [0.1, 0.15) is 0 Å². The maximum Gasteiger partial charge on any atom is 0.0600 e. The average Bonchev–Trinajstić information content (AvgIpc) is 2.59. The van der Waals surface area contributed by atoms with Gasteiger partial charge in [-0.3, -0.25) is 3.97 Å². The highest BCUT2D eigenvalue weighted by atomic mass is 127. The van der Waals surface area contributed by atoms with Gasteiger partial charge in [0.2, 0.25) is 0 Å². The van der Waals surface area contributed by atoms with Crippen LogP contribution in [0, 0.1) is 0 Å². The van der Waals surface area contributed by atoms with Crippen LogP contribution in [-0.2, 0) is 0 Å².